The van der Waals surface area contributed by atoms with Gasteiger partial charge in [-0.3, -0.25) is 9.69 Å². The second kappa shape index (κ2) is 6.83. The molecule has 2 aromatic rings. The maximum atomic E-state index is 13.1. The van der Waals surface area contributed by atoms with E-state index in [1.165, 1.54) is 4.90 Å². The fourth-order valence-corrected chi connectivity index (χ4v) is 4.49. The van der Waals surface area contributed by atoms with Crippen LogP contribution in [0.2, 0.25) is 10.4 Å². The van der Waals surface area contributed by atoms with E-state index in [4.69, 9.17) is 27.9 Å². The number of morpholine rings is 1. The van der Waals surface area contributed by atoms with Crippen molar-refractivity contribution in [3.8, 4) is 0 Å². The highest BCUT2D eigenvalue weighted by molar-refractivity contribution is 6.34. The Bertz CT molecular complexity index is 925. The first-order valence-corrected chi connectivity index (χ1v) is 9.88. The lowest BCUT2D eigenvalue weighted by Crippen LogP contribution is -2.45. The number of hydrogen-bond acceptors (Lipinski definition) is 6. The van der Waals surface area contributed by atoms with Gasteiger partial charge in [-0.1, -0.05) is 11.6 Å². The molecule has 0 saturated carbocycles. The summed E-state index contributed by atoms with van der Waals surface area (Å²) in [5, 5.41) is 0.192. The molecule has 2 aromatic heterocycles. The number of anilines is 3. The number of ether oxygens (including phenoxy) is 1. The predicted octanol–water partition coefficient (Wildman–Crippen LogP) is 3.75. The Morgan fingerprint density at radius 3 is 2.43 bits per heavy atom. The van der Waals surface area contributed by atoms with E-state index in [2.05, 4.69) is 19.9 Å². The van der Waals surface area contributed by atoms with Gasteiger partial charge in [0, 0.05) is 18.7 Å². The Kier molecular flexibility index (Phi) is 4.72. The Morgan fingerprint density at radius 2 is 1.82 bits per heavy atom. The van der Waals surface area contributed by atoms with Gasteiger partial charge in [0.05, 0.1) is 29.5 Å². The normalized spacial score (nSPS) is 23.9. The van der Waals surface area contributed by atoms with Gasteiger partial charge < -0.3 is 9.64 Å². The molecule has 0 radical (unpaired) electrons. The first kappa shape index (κ1) is 19.4. The monoisotopic (exact) mass is 421 g/mol. The van der Waals surface area contributed by atoms with E-state index in [1.807, 2.05) is 26.0 Å². The molecule has 0 bridgehead atoms. The zero-order valence-electron chi connectivity index (χ0n) is 16.1. The smallest absolute Gasteiger partial charge is 0.243 e. The molecule has 0 aromatic carbocycles. The van der Waals surface area contributed by atoms with Gasteiger partial charge in [-0.25, -0.2) is 9.97 Å². The summed E-state index contributed by atoms with van der Waals surface area (Å²) in [4.78, 5) is 29.7. The minimum absolute atomic E-state index is 0.000112. The van der Waals surface area contributed by atoms with Crippen LogP contribution in [0, 0.1) is 0 Å². The Balaban J connectivity index is 1.70. The molecule has 1 amide bonds. The van der Waals surface area contributed by atoms with E-state index in [0.29, 0.717) is 17.1 Å². The molecule has 4 heterocycles. The molecule has 4 rings (SSSR count). The van der Waals surface area contributed by atoms with Crippen LogP contribution in [-0.4, -0.2) is 46.2 Å². The fraction of sp³-hybridized carbons (Fsp3) is 0.474. The quantitative estimate of drug-likeness (QED) is 0.542. The fourth-order valence-electron chi connectivity index (χ4n) is 3.88. The third-order valence-corrected chi connectivity index (χ3v) is 5.57. The van der Waals surface area contributed by atoms with Crippen molar-refractivity contribution in [2.75, 3.05) is 22.9 Å². The molecule has 7 nitrogen and oxygen atoms in total. The van der Waals surface area contributed by atoms with Crippen molar-refractivity contribution in [1.29, 1.82) is 0 Å². The number of pyridine rings is 1. The molecule has 0 spiro atoms. The van der Waals surface area contributed by atoms with Crippen LogP contribution in [0.3, 0.4) is 0 Å². The van der Waals surface area contributed by atoms with Gasteiger partial charge in [0.25, 0.3) is 0 Å². The maximum Gasteiger partial charge on any atom is 0.243 e. The lowest BCUT2D eigenvalue weighted by molar-refractivity contribution is -0.121. The van der Waals surface area contributed by atoms with E-state index < -0.39 is 5.41 Å². The zero-order valence-corrected chi connectivity index (χ0v) is 17.6. The van der Waals surface area contributed by atoms with Gasteiger partial charge in [0.2, 0.25) is 11.2 Å². The molecule has 1 saturated heterocycles. The number of carbonyl (C=O) groups excluding carboxylic acids is 1. The van der Waals surface area contributed by atoms with Gasteiger partial charge in [-0.05, 0) is 51.4 Å². The average Bonchev–Trinajstić information content (AvgIpc) is 2.80. The molecule has 0 unspecified atom stereocenters. The van der Waals surface area contributed by atoms with Gasteiger partial charge in [-0.2, -0.15) is 4.98 Å². The number of hydrogen-bond donors (Lipinski definition) is 0. The Hall–Kier alpha value is -1.96. The van der Waals surface area contributed by atoms with Crippen LogP contribution in [0.1, 0.15) is 33.3 Å². The van der Waals surface area contributed by atoms with Crippen LogP contribution >= 0.6 is 23.2 Å². The summed E-state index contributed by atoms with van der Waals surface area (Å²) in [6.45, 7) is 9.24. The maximum absolute atomic E-state index is 13.1. The lowest BCUT2D eigenvalue weighted by atomic mass is 9.88. The SMILES string of the molecule is C[C@@H]1CN(c2ccc(N3C(=O)C(C)(C)c4c(Cl)nc(Cl)nc43)cn2)C[C@H](C)O1. The van der Waals surface area contributed by atoms with Crippen LogP contribution in [0.25, 0.3) is 0 Å². The topological polar surface area (TPSA) is 71.5 Å². The van der Waals surface area contributed by atoms with Gasteiger partial charge in [0.1, 0.15) is 11.0 Å². The number of nitrogens with zero attached hydrogens (tertiary/aromatic N) is 5. The van der Waals surface area contributed by atoms with Crippen molar-refractivity contribution < 1.29 is 9.53 Å². The molecule has 2 aliphatic heterocycles. The number of carbonyl (C=O) groups is 1. The lowest BCUT2D eigenvalue weighted by Gasteiger charge is -2.36. The third kappa shape index (κ3) is 3.11. The molecule has 2 aliphatic rings. The Labute approximate surface area is 173 Å². The number of halogens is 2. The summed E-state index contributed by atoms with van der Waals surface area (Å²) in [5.41, 5.74) is 0.328. The minimum Gasteiger partial charge on any atom is -0.372 e. The van der Waals surface area contributed by atoms with Crippen LogP contribution < -0.4 is 9.80 Å². The van der Waals surface area contributed by atoms with Crippen LogP contribution in [0.15, 0.2) is 18.3 Å². The van der Waals surface area contributed by atoms with E-state index in [0.717, 1.165) is 18.9 Å². The number of rotatable bonds is 2. The van der Waals surface area contributed by atoms with Gasteiger partial charge in [-0.15, -0.1) is 0 Å². The molecule has 0 aliphatic carbocycles. The summed E-state index contributed by atoms with van der Waals surface area (Å²) in [6, 6.07) is 3.77. The molecular formula is C19H21Cl2N5O2. The summed E-state index contributed by atoms with van der Waals surface area (Å²) < 4.78 is 5.78. The third-order valence-electron chi connectivity index (χ3n) is 5.13. The number of fused-ring (bicyclic) bond motifs is 1. The molecular weight excluding hydrogens is 401 g/mol. The highest BCUT2D eigenvalue weighted by atomic mass is 35.5. The Morgan fingerprint density at radius 1 is 1.14 bits per heavy atom. The molecule has 9 heteroatoms. The first-order valence-electron chi connectivity index (χ1n) is 9.13. The van der Waals surface area contributed by atoms with Crippen molar-refractivity contribution in [1.82, 2.24) is 15.0 Å². The molecule has 148 valence electrons. The average molecular weight is 422 g/mol. The zero-order chi connectivity index (χ0) is 20.2. The van der Waals surface area contributed by atoms with E-state index >= 15 is 0 Å². The summed E-state index contributed by atoms with van der Waals surface area (Å²) in [6.07, 6.45) is 1.95. The second-order valence-electron chi connectivity index (χ2n) is 7.78. The first-order chi connectivity index (χ1) is 13.2. The number of aromatic nitrogens is 3. The van der Waals surface area contributed by atoms with Crippen molar-refractivity contribution in [2.24, 2.45) is 0 Å². The molecule has 1 fully saturated rings. The minimum atomic E-state index is -0.856. The van der Waals surface area contributed by atoms with Crippen LogP contribution in [0.4, 0.5) is 17.3 Å². The van der Waals surface area contributed by atoms with Crippen molar-refractivity contribution in [3.05, 3.63) is 34.3 Å². The van der Waals surface area contributed by atoms with Crippen LogP contribution in [0.5, 0.6) is 0 Å². The summed E-state index contributed by atoms with van der Waals surface area (Å²) >= 11 is 12.3. The highest BCUT2D eigenvalue weighted by Crippen LogP contribution is 2.47. The van der Waals surface area contributed by atoms with Gasteiger partial charge in [0.15, 0.2) is 5.82 Å². The van der Waals surface area contributed by atoms with E-state index in [9.17, 15) is 4.79 Å². The highest BCUT2D eigenvalue weighted by Gasteiger charge is 2.48. The molecule has 0 N–H and O–H groups in total. The van der Waals surface area contributed by atoms with Crippen LogP contribution in [-0.2, 0) is 14.9 Å². The molecule has 28 heavy (non-hydrogen) atoms. The van der Waals surface area contributed by atoms with Crippen molar-refractivity contribution >= 4 is 46.4 Å². The summed E-state index contributed by atoms with van der Waals surface area (Å²) in [5.74, 6) is 1.10. The van der Waals surface area contributed by atoms with Crippen molar-refractivity contribution in [2.45, 2.75) is 45.3 Å². The largest absolute Gasteiger partial charge is 0.372 e. The van der Waals surface area contributed by atoms with Crippen molar-refractivity contribution in [3.63, 3.8) is 0 Å². The predicted molar refractivity (Wildman–Crippen MR) is 109 cm³/mol. The van der Waals surface area contributed by atoms with E-state index in [-0.39, 0.29) is 28.6 Å². The van der Waals surface area contributed by atoms with Gasteiger partial charge >= 0.3 is 0 Å². The standard InChI is InChI=1S/C19H21Cl2N5O2/c1-10-8-25(9-11(2)28-10)13-6-5-12(7-22-13)26-16-14(19(3,4)17(26)27)15(20)23-18(21)24-16/h5-7,10-11H,8-9H2,1-4H3/t10-,11+. The van der Waals surface area contributed by atoms with E-state index in [1.54, 1.807) is 20.0 Å². The summed E-state index contributed by atoms with van der Waals surface area (Å²) in [7, 11) is 0. The second-order valence-corrected chi connectivity index (χ2v) is 8.48. The molecule has 2 atom stereocenters. The number of amides is 1.